The third-order valence-electron chi connectivity index (χ3n) is 3.15. The summed E-state index contributed by atoms with van der Waals surface area (Å²) in [4.78, 5) is 0. The van der Waals surface area contributed by atoms with Crippen LogP contribution in [0.25, 0.3) is 0 Å². The second-order valence-corrected chi connectivity index (χ2v) is 11.8. The lowest BCUT2D eigenvalue weighted by Gasteiger charge is -2.41. The highest BCUT2D eigenvalue weighted by Crippen LogP contribution is 2.48. The Morgan fingerprint density at radius 2 is 1.16 bits per heavy atom. The third kappa shape index (κ3) is 9.91. The van der Waals surface area contributed by atoms with Gasteiger partial charge in [0, 0.05) is 4.75 Å². The molecular formula is C16H33OPS. The van der Waals surface area contributed by atoms with Gasteiger partial charge in [0.05, 0.1) is 0 Å². The van der Waals surface area contributed by atoms with E-state index in [0.29, 0.717) is 10.8 Å². The van der Waals surface area contributed by atoms with Gasteiger partial charge in [0.2, 0.25) is 7.66 Å². The molecule has 0 heterocycles. The molecule has 0 fully saturated rings. The highest BCUT2D eigenvalue weighted by molar-refractivity contribution is 8.46. The van der Waals surface area contributed by atoms with E-state index in [1.165, 1.54) is 24.2 Å². The molecule has 0 aliphatic carbocycles. The summed E-state index contributed by atoms with van der Waals surface area (Å²) >= 11 is 1.52. The van der Waals surface area contributed by atoms with Crippen LogP contribution in [-0.2, 0) is 4.57 Å². The highest BCUT2D eigenvalue weighted by Gasteiger charge is 2.36. The lowest BCUT2D eigenvalue weighted by molar-refractivity contribution is 0.121. The summed E-state index contributed by atoms with van der Waals surface area (Å²) in [6, 6.07) is 0. The first-order valence-corrected chi connectivity index (χ1v) is 9.42. The Morgan fingerprint density at radius 3 is 1.53 bits per heavy atom. The number of hydrogen-bond acceptors (Lipinski definition) is 2. The van der Waals surface area contributed by atoms with Crippen molar-refractivity contribution < 1.29 is 4.57 Å². The molecule has 0 aliphatic rings. The molecular weight excluding hydrogens is 271 g/mol. The monoisotopic (exact) mass is 304 g/mol. The Labute approximate surface area is 126 Å². The van der Waals surface area contributed by atoms with Crippen LogP contribution >= 0.6 is 19.0 Å². The van der Waals surface area contributed by atoms with Crippen LogP contribution in [0.15, 0.2) is 0 Å². The van der Waals surface area contributed by atoms with Gasteiger partial charge < -0.3 is 0 Å². The summed E-state index contributed by atoms with van der Waals surface area (Å²) < 4.78 is 10.9. The minimum atomic E-state index is 0.0740. The van der Waals surface area contributed by atoms with Gasteiger partial charge in [-0.05, 0) is 49.4 Å². The molecule has 0 atom stereocenters. The fraction of sp³-hybridized carbons (Fsp3) is 1.00. The second kappa shape index (κ2) is 6.48. The van der Waals surface area contributed by atoms with Crippen LogP contribution in [0.3, 0.4) is 0 Å². The van der Waals surface area contributed by atoms with Gasteiger partial charge in [-0.2, -0.15) is 0 Å². The third-order valence-corrected chi connectivity index (χ3v) is 5.57. The van der Waals surface area contributed by atoms with E-state index in [4.69, 9.17) is 0 Å². The molecule has 0 aromatic carbocycles. The number of rotatable bonds is 7. The predicted octanol–water partition coefficient (Wildman–Crippen LogP) is 6.97. The normalized spacial score (nSPS) is 15.0. The van der Waals surface area contributed by atoms with Gasteiger partial charge in [-0.3, -0.25) is 4.57 Å². The van der Waals surface area contributed by atoms with E-state index < -0.39 is 0 Å². The molecule has 0 radical (unpaired) electrons. The van der Waals surface area contributed by atoms with Crippen LogP contribution in [0, 0.1) is 16.2 Å². The van der Waals surface area contributed by atoms with Crippen LogP contribution < -0.4 is 0 Å². The molecule has 0 saturated carbocycles. The Hall–Kier alpha value is 0.450. The van der Waals surface area contributed by atoms with Crippen molar-refractivity contribution in [3.05, 3.63) is 0 Å². The lowest BCUT2D eigenvalue weighted by Crippen LogP contribution is -2.31. The molecule has 19 heavy (non-hydrogen) atoms. The van der Waals surface area contributed by atoms with E-state index in [2.05, 4.69) is 62.3 Å². The SMILES string of the molecule is CC(C)(C)CC(C)(C)CC(C)(C)CC(C)(C)SP=O. The van der Waals surface area contributed by atoms with Crippen LogP contribution in [-0.4, -0.2) is 4.75 Å². The molecule has 0 saturated heterocycles. The summed E-state index contributed by atoms with van der Waals surface area (Å²) in [7, 11) is 0.192. The Bertz CT molecular complexity index is 300. The van der Waals surface area contributed by atoms with Crippen LogP contribution in [0.4, 0.5) is 0 Å². The first-order chi connectivity index (χ1) is 8.18. The van der Waals surface area contributed by atoms with E-state index in [-0.39, 0.29) is 17.8 Å². The Balaban J connectivity index is 4.71. The van der Waals surface area contributed by atoms with Crippen LogP contribution in [0.5, 0.6) is 0 Å². The van der Waals surface area contributed by atoms with E-state index >= 15 is 0 Å². The average Bonchev–Trinajstić information content (AvgIpc) is 1.90. The molecule has 114 valence electrons. The van der Waals surface area contributed by atoms with E-state index in [1.54, 1.807) is 0 Å². The molecule has 3 heteroatoms. The minimum Gasteiger partial charge on any atom is -0.262 e. The van der Waals surface area contributed by atoms with Crippen molar-refractivity contribution in [2.24, 2.45) is 16.2 Å². The maximum atomic E-state index is 10.8. The van der Waals surface area contributed by atoms with Gasteiger partial charge in [0.1, 0.15) is 0 Å². The highest BCUT2D eigenvalue weighted by atomic mass is 32.7. The van der Waals surface area contributed by atoms with Crippen molar-refractivity contribution in [3.8, 4) is 0 Å². The fourth-order valence-corrected chi connectivity index (χ4v) is 5.60. The molecule has 0 amide bonds. The van der Waals surface area contributed by atoms with Crippen molar-refractivity contribution in [1.29, 1.82) is 0 Å². The van der Waals surface area contributed by atoms with E-state index in [0.717, 1.165) is 6.42 Å². The maximum absolute atomic E-state index is 10.8. The molecule has 0 rings (SSSR count). The van der Waals surface area contributed by atoms with Crippen molar-refractivity contribution in [2.75, 3.05) is 0 Å². The smallest absolute Gasteiger partial charge is 0.227 e. The molecule has 0 spiro atoms. The minimum absolute atomic E-state index is 0.0740. The van der Waals surface area contributed by atoms with E-state index in [9.17, 15) is 4.57 Å². The molecule has 0 unspecified atom stereocenters. The lowest BCUT2D eigenvalue weighted by atomic mass is 9.66. The zero-order valence-electron chi connectivity index (χ0n) is 14.4. The predicted molar refractivity (Wildman–Crippen MR) is 90.1 cm³/mol. The number of hydrogen-bond donors (Lipinski definition) is 0. The summed E-state index contributed by atoms with van der Waals surface area (Å²) in [5, 5.41) is 0. The maximum Gasteiger partial charge on any atom is 0.227 e. The van der Waals surface area contributed by atoms with Crippen molar-refractivity contribution in [2.45, 2.75) is 86.3 Å². The van der Waals surface area contributed by atoms with Crippen molar-refractivity contribution in [3.63, 3.8) is 0 Å². The average molecular weight is 304 g/mol. The zero-order valence-corrected chi connectivity index (χ0v) is 16.1. The first-order valence-electron chi connectivity index (χ1n) is 7.19. The Morgan fingerprint density at radius 1 is 0.737 bits per heavy atom. The van der Waals surface area contributed by atoms with Crippen molar-refractivity contribution >= 4 is 19.0 Å². The fourth-order valence-electron chi connectivity index (χ4n) is 4.14. The standard InChI is InChI=1S/C16H33OPS/c1-13(2,3)10-14(4,5)11-15(6,7)12-16(8,9)19-18-17/h10-12H2,1-9H3. The van der Waals surface area contributed by atoms with Crippen LogP contribution in [0.1, 0.15) is 81.6 Å². The van der Waals surface area contributed by atoms with Gasteiger partial charge in [0.15, 0.2) is 0 Å². The molecule has 0 aromatic heterocycles. The Kier molecular flexibility index (Phi) is 6.63. The van der Waals surface area contributed by atoms with Gasteiger partial charge in [-0.15, -0.1) is 0 Å². The largest absolute Gasteiger partial charge is 0.262 e. The molecule has 0 aliphatic heterocycles. The summed E-state index contributed by atoms with van der Waals surface area (Å²) in [5.74, 6) is 0. The van der Waals surface area contributed by atoms with E-state index in [1.807, 2.05) is 0 Å². The summed E-state index contributed by atoms with van der Waals surface area (Å²) in [5.41, 5.74) is 0.991. The first kappa shape index (κ1) is 19.4. The van der Waals surface area contributed by atoms with Gasteiger partial charge in [0.25, 0.3) is 0 Å². The quantitative estimate of drug-likeness (QED) is 0.472. The molecule has 0 N–H and O–H groups in total. The molecule has 0 bridgehead atoms. The zero-order chi connectivity index (χ0) is 15.5. The van der Waals surface area contributed by atoms with Gasteiger partial charge in [-0.25, -0.2) is 0 Å². The van der Waals surface area contributed by atoms with Gasteiger partial charge >= 0.3 is 0 Å². The van der Waals surface area contributed by atoms with Crippen LogP contribution in [0.2, 0.25) is 0 Å². The molecule has 1 nitrogen and oxygen atoms in total. The molecule has 0 aromatic rings. The van der Waals surface area contributed by atoms with Crippen molar-refractivity contribution in [1.82, 2.24) is 0 Å². The summed E-state index contributed by atoms with van der Waals surface area (Å²) in [6.45, 7) is 20.8. The second-order valence-electron chi connectivity index (χ2n) is 9.34. The topological polar surface area (TPSA) is 17.1 Å². The summed E-state index contributed by atoms with van der Waals surface area (Å²) in [6.07, 6.45) is 3.53. The van der Waals surface area contributed by atoms with Gasteiger partial charge in [-0.1, -0.05) is 59.8 Å².